The van der Waals surface area contributed by atoms with E-state index in [1.54, 1.807) is 12.1 Å². The van der Waals surface area contributed by atoms with E-state index in [-0.39, 0.29) is 17.8 Å². The highest BCUT2D eigenvalue weighted by molar-refractivity contribution is 5.82. The molecule has 0 saturated carbocycles. The molecule has 6 heteroatoms. The van der Waals surface area contributed by atoms with Crippen LogP contribution in [0, 0.1) is 5.82 Å². The van der Waals surface area contributed by atoms with Gasteiger partial charge < -0.3 is 9.64 Å². The zero-order chi connectivity index (χ0) is 17.6. The molecule has 1 amide bonds. The predicted molar refractivity (Wildman–Crippen MR) is 94.7 cm³/mol. The van der Waals surface area contributed by atoms with Crippen molar-refractivity contribution in [2.24, 2.45) is 0 Å². The van der Waals surface area contributed by atoms with Gasteiger partial charge in [0.2, 0.25) is 5.91 Å². The number of ether oxygens (including phenoxy) is 1. The molecule has 0 aliphatic carbocycles. The number of hydrogen-bond donors (Lipinski definition) is 0. The zero-order valence-corrected chi connectivity index (χ0v) is 15.0. The van der Waals surface area contributed by atoms with Crippen molar-refractivity contribution < 1.29 is 13.9 Å². The van der Waals surface area contributed by atoms with Gasteiger partial charge in [-0.3, -0.25) is 14.6 Å². The molecule has 0 aromatic heterocycles. The molecule has 1 unspecified atom stereocenters. The highest BCUT2D eigenvalue weighted by atomic mass is 19.1. The Labute approximate surface area is 149 Å². The SMILES string of the molecule is CN(CCN1CCOCC1)C(=O)C1CCCN1Cc1ccc(F)cc1. The molecule has 1 aromatic rings. The third-order valence-corrected chi connectivity index (χ3v) is 5.18. The van der Waals surface area contributed by atoms with Gasteiger partial charge in [0, 0.05) is 39.8 Å². The average Bonchev–Trinajstić information content (AvgIpc) is 3.10. The molecule has 2 aliphatic heterocycles. The number of amides is 1. The van der Waals surface area contributed by atoms with Crippen LogP contribution >= 0.6 is 0 Å². The Morgan fingerprint density at radius 1 is 1.24 bits per heavy atom. The van der Waals surface area contributed by atoms with Crippen molar-refractivity contribution in [3.8, 4) is 0 Å². The Kier molecular flexibility index (Phi) is 6.39. The minimum absolute atomic E-state index is 0.0558. The third-order valence-electron chi connectivity index (χ3n) is 5.18. The first-order valence-corrected chi connectivity index (χ1v) is 9.17. The Hall–Kier alpha value is -1.50. The van der Waals surface area contributed by atoms with Gasteiger partial charge in [-0.2, -0.15) is 0 Å². The number of rotatable bonds is 6. The summed E-state index contributed by atoms with van der Waals surface area (Å²) in [4.78, 5) is 19.3. The fourth-order valence-electron chi connectivity index (χ4n) is 3.60. The highest BCUT2D eigenvalue weighted by Gasteiger charge is 2.32. The number of likely N-dealkylation sites (tertiary alicyclic amines) is 1. The molecule has 0 N–H and O–H groups in total. The van der Waals surface area contributed by atoms with Crippen LogP contribution < -0.4 is 0 Å². The molecular formula is C19H28FN3O2. The largest absolute Gasteiger partial charge is 0.379 e. The van der Waals surface area contributed by atoms with Crippen molar-refractivity contribution in [1.82, 2.24) is 14.7 Å². The van der Waals surface area contributed by atoms with Gasteiger partial charge in [-0.05, 0) is 37.1 Å². The number of nitrogens with zero attached hydrogens (tertiary/aromatic N) is 3. The summed E-state index contributed by atoms with van der Waals surface area (Å²) in [6.45, 7) is 6.73. The molecule has 0 bridgehead atoms. The molecule has 2 fully saturated rings. The van der Waals surface area contributed by atoms with Gasteiger partial charge in [-0.15, -0.1) is 0 Å². The van der Waals surface area contributed by atoms with Crippen molar-refractivity contribution in [2.45, 2.75) is 25.4 Å². The molecule has 2 heterocycles. The summed E-state index contributed by atoms with van der Waals surface area (Å²) in [7, 11) is 1.90. The van der Waals surface area contributed by atoms with Gasteiger partial charge in [-0.25, -0.2) is 4.39 Å². The lowest BCUT2D eigenvalue weighted by atomic mass is 10.1. The summed E-state index contributed by atoms with van der Waals surface area (Å²) in [6, 6.07) is 6.52. The first-order chi connectivity index (χ1) is 12.1. The molecule has 1 aromatic carbocycles. The van der Waals surface area contributed by atoms with Crippen LogP contribution in [0.2, 0.25) is 0 Å². The molecule has 0 spiro atoms. The number of carbonyl (C=O) groups excluding carboxylic acids is 1. The Balaban J connectivity index is 1.51. The Morgan fingerprint density at radius 2 is 1.96 bits per heavy atom. The second kappa shape index (κ2) is 8.74. The van der Waals surface area contributed by atoms with Crippen molar-refractivity contribution in [3.63, 3.8) is 0 Å². The summed E-state index contributed by atoms with van der Waals surface area (Å²) < 4.78 is 18.4. The van der Waals surface area contributed by atoms with Crippen molar-refractivity contribution in [2.75, 3.05) is 53.0 Å². The van der Waals surface area contributed by atoms with Crippen LogP contribution in [-0.4, -0.2) is 79.6 Å². The maximum absolute atomic E-state index is 13.1. The summed E-state index contributed by atoms with van der Waals surface area (Å²) in [5, 5.41) is 0. The second-order valence-corrected chi connectivity index (χ2v) is 6.97. The first kappa shape index (κ1) is 18.3. The quantitative estimate of drug-likeness (QED) is 0.781. The van der Waals surface area contributed by atoms with Crippen LogP contribution in [0.25, 0.3) is 0 Å². The van der Waals surface area contributed by atoms with E-state index in [1.807, 2.05) is 11.9 Å². The molecule has 5 nitrogen and oxygen atoms in total. The number of likely N-dealkylation sites (N-methyl/N-ethyl adjacent to an activating group) is 1. The molecule has 2 aliphatic rings. The van der Waals surface area contributed by atoms with Gasteiger partial charge in [-0.1, -0.05) is 12.1 Å². The van der Waals surface area contributed by atoms with Crippen LogP contribution in [0.1, 0.15) is 18.4 Å². The minimum Gasteiger partial charge on any atom is -0.379 e. The maximum Gasteiger partial charge on any atom is 0.239 e. The minimum atomic E-state index is -0.222. The summed E-state index contributed by atoms with van der Waals surface area (Å²) in [6.07, 6.45) is 1.94. The Bertz CT molecular complexity index is 560. The molecule has 138 valence electrons. The molecule has 3 rings (SSSR count). The highest BCUT2D eigenvalue weighted by Crippen LogP contribution is 2.21. The van der Waals surface area contributed by atoms with Crippen LogP contribution in [0.5, 0.6) is 0 Å². The van der Waals surface area contributed by atoms with E-state index in [2.05, 4.69) is 9.80 Å². The lowest BCUT2D eigenvalue weighted by Crippen LogP contribution is -2.47. The maximum atomic E-state index is 13.1. The first-order valence-electron chi connectivity index (χ1n) is 9.17. The van der Waals surface area contributed by atoms with Gasteiger partial charge in [0.05, 0.1) is 19.3 Å². The van der Waals surface area contributed by atoms with E-state index >= 15 is 0 Å². The van der Waals surface area contributed by atoms with Crippen LogP contribution in [-0.2, 0) is 16.1 Å². The fourth-order valence-corrected chi connectivity index (χ4v) is 3.60. The number of carbonyl (C=O) groups is 1. The summed E-state index contributed by atoms with van der Waals surface area (Å²) in [5.74, 6) is -0.0199. The van der Waals surface area contributed by atoms with Gasteiger partial charge in [0.1, 0.15) is 5.82 Å². The predicted octanol–water partition coefficient (Wildman–Crippen LogP) is 1.58. The van der Waals surface area contributed by atoms with Gasteiger partial charge in [0.25, 0.3) is 0 Å². The molecule has 0 radical (unpaired) electrons. The normalized spacial score (nSPS) is 22.2. The van der Waals surface area contributed by atoms with Crippen molar-refractivity contribution >= 4 is 5.91 Å². The number of benzene rings is 1. The van der Waals surface area contributed by atoms with E-state index in [9.17, 15) is 9.18 Å². The molecule has 1 atom stereocenters. The van der Waals surface area contributed by atoms with E-state index in [1.165, 1.54) is 12.1 Å². The lowest BCUT2D eigenvalue weighted by Gasteiger charge is -2.31. The van der Waals surface area contributed by atoms with Crippen LogP contribution in [0.15, 0.2) is 24.3 Å². The summed E-state index contributed by atoms with van der Waals surface area (Å²) in [5.41, 5.74) is 1.05. The van der Waals surface area contributed by atoms with E-state index in [0.717, 1.165) is 64.3 Å². The average molecular weight is 349 g/mol. The topological polar surface area (TPSA) is 36.0 Å². The second-order valence-electron chi connectivity index (χ2n) is 6.97. The van der Waals surface area contributed by atoms with Crippen molar-refractivity contribution in [1.29, 1.82) is 0 Å². The third kappa shape index (κ3) is 5.00. The van der Waals surface area contributed by atoms with E-state index in [0.29, 0.717) is 6.54 Å². The van der Waals surface area contributed by atoms with Crippen LogP contribution in [0.4, 0.5) is 4.39 Å². The number of halogens is 1. The van der Waals surface area contributed by atoms with E-state index < -0.39 is 0 Å². The molecule has 25 heavy (non-hydrogen) atoms. The van der Waals surface area contributed by atoms with Gasteiger partial charge in [0.15, 0.2) is 0 Å². The monoisotopic (exact) mass is 349 g/mol. The summed E-state index contributed by atoms with van der Waals surface area (Å²) >= 11 is 0. The fraction of sp³-hybridized carbons (Fsp3) is 0.632. The van der Waals surface area contributed by atoms with E-state index in [4.69, 9.17) is 4.74 Å². The number of morpholine rings is 1. The lowest BCUT2D eigenvalue weighted by molar-refractivity contribution is -0.135. The van der Waals surface area contributed by atoms with Crippen molar-refractivity contribution in [3.05, 3.63) is 35.6 Å². The Morgan fingerprint density at radius 3 is 2.68 bits per heavy atom. The molecule has 2 saturated heterocycles. The van der Waals surface area contributed by atoms with Crippen LogP contribution in [0.3, 0.4) is 0 Å². The molecular weight excluding hydrogens is 321 g/mol. The standard InChI is InChI=1S/C19H28FN3O2/c1-21(9-10-22-11-13-25-14-12-22)19(24)18-3-2-8-23(18)15-16-4-6-17(20)7-5-16/h4-7,18H,2-3,8-15H2,1H3. The smallest absolute Gasteiger partial charge is 0.239 e. The van der Waals surface area contributed by atoms with Gasteiger partial charge >= 0.3 is 0 Å². The zero-order valence-electron chi connectivity index (χ0n) is 15.0. The number of hydrogen-bond acceptors (Lipinski definition) is 4.